The van der Waals surface area contributed by atoms with Gasteiger partial charge in [0, 0.05) is 19.2 Å². The second-order valence-electron chi connectivity index (χ2n) is 6.23. The van der Waals surface area contributed by atoms with Gasteiger partial charge >= 0.3 is 0 Å². The van der Waals surface area contributed by atoms with Gasteiger partial charge in [0.15, 0.2) is 5.76 Å². The lowest BCUT2D eigenvalue weighted by molar-refractivity contribution is -0.135. The summed E-state index contributed by atoms with van der Waals surface area (Å²) in [5.41, 5.74) is -0.223. The quantitative estimate of drug-likeness (QED) is 0.864. The smallest absolute Gasteiger partial charge is 0.239 e. The largest absolute Gasteiger partial charge is 0.490 e. The van der Waals surface area contributed by atoms with Gasteiger partial charge in [-0.3, -0.25) is 14.9 Å². The van der Waals surface area contributed by atoms with E-state index in [-0.39, 0.29) is 35.6 Å². The minimum atomic E-state index is -0.302. The zero-order valence-corrected chi connectivity index (χ0v) is 14.1. The minimum absolute atomic E-state index is 0.122. The van der Waals surface area contributed by atoms with Gasteiger partial charge in [0.25, 0.3) is 0 Å². The van der Waals surface area contributed by atoms with Gasteiger partial charge in [0.05, 0.1) is 26.0 Å². The number of piperidine rings is 1. The van der Waals surface area contributed by atoms with E-state index in [1.165, 1.54) is 25.9 Å². The highest BCUT2D eigenvalue weighted by molar-refractivity contribution is 5.82. The van der Waals surface area contributed by atoms with Crippen LogP contribution in [0.25, 0.3) is 0 Å². The molecule has 0 aliphatic carbocycles. The molecule has 0 aromatic carbocycles. The van der Waals surface area contributed by atoms with E-state index in [4.69, 9.17) is 9.15 Å². The molecule has 6 heteroatoms. The van der Waals surface area contributed by atoms with Gasteiger partial charge in [0.1, 0.15) is 0 Å². The zero-order valence-electron chi connectivity index (χ0n) is 14.1. The van der Waals surface area contributed by atoms with E-state index < -0.39 is 0 Å². The molecule has 0 spiro atoms. The molecular weight excluding hydrogens is 296 g/mol. The van der Waals surface area contributed by atoms with E-state index in [0.29, 0.717) is 5.76 Å². The molecule has 1 aliphatic rings. The first-order chi connectivity index (χ1) is 11.0. The number of nitrogens with zero attached hydrogens (tertiary/aromatic N) is 1. The maximum absolute atomic E-state index is 12.7. The molecule has 2 heterocycles. The monoisotopic (exact) mass is 322 g/mol. The molecule has 2 rings (SSSR count). The van der Waals surface area contributed by atoms with Crippen LogP contribution in [0.2, 0.25) is 0 Å². The third kappa shape index (κ3) is 4.34. The lowest BCUT2D eigenvalue weighted by Gasteiger charge is -2.32. The number of likely N-dealkylation sites (tertiary alicyclic amines) is 1. The fourth-order valence-electron chi connectivity index (χ4n) is 2.90. The van der Waals surface area contributed by atoms with E-state index in [1.54, 1.807) is 0 Å². The average Bonchev–Trinajstić information content (AvgIpc) is 2.55. The molecule has 0 saturated carbocycles. The highest BCUT2D eigenvalue weighted by atomic mass is 16.5. The maximum Gasteiger partial charge on any atom is 0.239 e. The lowest BCUT2D eigenvalue weighted by Crippen LogP contribution is -2.50. The molecule has 1 N–H and O–H groups in total. The minimum Gasteiger partial charge on any atom is -0.490 e. The van der Waals surface area contributed by atoms with Crippen LogP contribution in [-0.4, -0.2) is 37.0 Å². The molecule has 1 unspecified atom stereocenters. The summed E-state index contributed by atoms with van der Waals surface area (Å²) in [4.78, 5) is 26.4. The molecule has 1 fully saturated rings. The van der Waals surface area contributed by atoms with Crippen molar-refractivity contribution in [2.75, 3.05) is 20.2 Å². The van der Waals surface area contributed by atoms with Gasteiger partial charge in [-0.2, -0.15) is 0 Å². The van der Waals surface area contributed by atoms with Gasteiger partial charge in [-0.15, -0.1) is 0 Å². The molecular formula is C17H26N2O4. The molecule has 0 radical (unpaired) electrons. The summed E-state index contributed by atoms with van der Waals surface area (Å²) >= 11 is 0. The van der Waals surface area contributed by atoms with E-state index in [2.05, 4.69) is 5.32 Å². The van der Waals surface area contributed by atoms with Crippen LogP contribution in [0.15, 0.2) is 21.5 Å². The fourth-order valence-corrected chi connectivity index (χ4v) is 2.90. The van der Waals surface area contributed by atoms with Crippen molar-refractivity contribution in [1.82, 2.24) is 10.2 Å². The van der Waals surface area contributed by atoms with E-state index in [1.807, 2.05) is 18.7 Å². The van der Waals surface area contributed by atoms with E-state index >= 15 is 0 Å². The van der Waals surface area contributed by atoms with Crippen molar-refractivity contribution in [3.63, 3.8) is 0 Å². The standard InChI is InChI=1S/C17H26N2O4/c1-12(2)15(17(21)19-8-5-4-6-9-19)18-11-14-16(22-3)13(20)7-10-23-14/h7,10,12,15,18H,4-6,8-9,11H2,1-3H3. The molecule has 1 aromatic heterocycles. The Morgan fingerprint density at radius 1 is 1.35 bits per heavy atom. The predicted octanol–water partition coefficient (Wildman–Crippen LogP) is 1.78. The molecule has 1 atom stereocenters. The van der Waals surface area contributed by atoms with Crippen molar-refractivity contribution in [2.45, 2.75) is 45.7 Å². The van der Waals surface area contributed by atoms with Gasteiger partial charge < -0.3 is 14.1 Å². The lowest BCUT2D eigenvalue weighted by atomic mass is 10.0. The summed E-state index contributed by atoms with van der Waals surface area (Å²) in [6, 6.07) is 1.02. The van der Waals surface area contributed by atoms with Crippen molar-refractivity contribution in [3.05, 3.63) is 28.3 Å². The van der Waals surface area contributed by atoms with Crippen LogP contribution in [-0.2, 0) is 11.3 Å². The fraction of sp³-hybridized carbons (Fsp3) is 0.647. The summed E-state index contributed by atoms with van der Waals surface area (Å²) in [6.45, 7) is 5.96. The molecule has 1 saturated heterocycles. The molecule has 1 amide bonds. The Hall–Kier alpha value is -1.82. The van der Waals surface area contributed by atoms with Crippen LogP contribution in [0.4, 0.5) is 0 Å². The van der Waals surface area contributed by atoms with E-state index in [0.717, 1.165) is 25.9 Å². The van der Waals surface area contributed by atoms with Crippen molar-refractivity contribution >= 4 is 5.91 Å². The van der Waals surface area contributed by atoms with Crippen molar-refractivity contribution in [3.8, 4) is 5.75 Å². The number of amides is 1. The van der Waals surface area contributed by atoms with Crippen LogP contribution in [0.3, 0.4) is 0 Å². The van der Waals surface area contributed by atoms with Gasteiger partial charge in [-0.25, -0.2) is 0 Å². The van der Waals surface area contributed by atoms with Crippen LogP contribution < -0.4 is 15.5 Å². The first kappa shape index (κ1) is 17.5. The van der Waals surface area contributed by atoms with Crippen molar-refractivity contribution < 1.29 is 13.9 Å². The third-order valence-electron chi connectivity index (χ3n) is 4.19. The SMILES string of the molecule is COc1c(CNC(C(=O)N2CCCCC2)C(C)C)occc1=O. The highest BCUT2D eigenvalue weighted by Gasteiger charge is 2.28. The number of methoxy groups -OCH3 is 1. The summed E-state index contributed by atoms with van der Waals surface area (Å²) in [5, 5.41) is 3.23. The number of carbonyl (C=O) groups is 1. The Morgan fingerprint density at radius 3 is 2.65 bits per heavy atom. The highest BCUT2D eigenvalue weighted by Crippen LogP contribution is 2.16. The van der Waals surface area contributed by atoms with Crippen LogP contribution >= 0.6 is 0 Å². The van der Waals surface area contributed by atoms with Crippen molar-refractivity contribution in [2.24, 2.45) is 5.92 Å². The number of nitrogens with one attached hydrogen (secondary N) is 1. The Labute approximate surface area is 136 Å². The molecule has 1 aliphatic heterocycles. The van der Waals surface area contributed by atoms with Crippen LogP contribution in [0, 0.1) is 5.92 Å². The average molecular weight is 322 g/mol. The van der Waals surface area contributed by atoms with Crippen molar-refractivity contribution in [1.29, 1.82) is 0 Å². The summed E-state index contributed by atoms with van der Waals surface area (Å²) in [6.07, 6.45) is 4.67. The Balaban J connectivity index is 2.07. The number of ether oxygens (including phenoxy) is 1. The zero-order chi connectivity index (χ0) is 16.8. The number of hydrogen-bond donors (Lipinski definition) is 1. The van der Waals surface area contributed by atoms with E-state index in [9.17, 15) is 9.59 Å². The topological polar surface area (TPSA) is 71.8 Å². The first-order valence-corrected chi connectivity index (χ1v) is 8.21. The Morgan fingerprint density at radius 2 is 2.04 bits per heavy atom. The normalized spacial score (nSPS) is 16.4. The predicted molar refractivity (Wildman–Crippen MR) is 87.4 cm³/mol. The van der Waals surface area contributed by atoms with Crippen LogP contribution in [0.1, 0.15) is 38.9 Å². The van der Waals surface area contributed by atoms with Gasteiger partial charge in [-0.1, -0.05) is 13.8 Å². The number of rotatable bonds is 6. The first-order valence-electron chi connectivity index (χ1n) is 8.21. The second-order valence-corrected chi connectivity index (χ2v) is 6.23. The number of hydrogen-bond acceptors (Lipinski definition) is 5. The van der Waals surface area contributed by atoms with Gasteiger partial charge in [-0.05, 0) is 25.2 Å². The van der Waals surface area contributed by atoms with Crippen LogP contribution in [0.5, 0.6) is 5.75 Å². The second kappa shape index (κ2) is 8.15. The molecule has 23 heavy (non-hydrogen) atoms. The Bertz CT molecular complexity index is 576. The summed E-state index contributed by atoms with van der Waals surface area (Å²) in [7, 11) is 1.44. The van der Waals surface area contributed by atoms with Gasteiger partial charge in [0.2, 0.25) is 17.1 Å². The summed E-state index contributed by atoms with van der Waals surface area (Å²) in [5.74, 6) is 0.868. The molecule has 0 bridgehead atoms. The molecule has 1 aromatic rings. The number of carbonyl (C=O) groups excluding carboxylic acids is 1. The maximum atomic E-state index is 12.7. The third-order valence-corrected chi connectivity index (χ3v) is 4.19. The Kier molecular flexibility index (Phi) is 6.21. The molecule has 6 nitrogen and oxygen atoms in total. The molecule has 128 valence electrons. The summed E-state index contributed by atoms with van der Waals surface area (Å²) < 4.78 is 10.5.